The lowest BCUT2D eigenvalue weighted by atomic mass is 9.77. The minimum atomic E-state index is 0.997. The highest BCUT2D eigenvalue weighted by Crippen LogP contribution is 2.36. The molecule has 0 heteroatoms. The van der Waals surface area contributed by atoms with E-state index in [1.807, 2.05) is 0 Å². The monoisotopic (exact) mass is 358 g/mol. The summed E-state index contributed by atoms with van der Waals surface area (Å²) in [6.45, 7) is 4.39. The molecule has 0 atom stereocenters. The first-order valence-corrected chi connectivity index (χ1v) is 12.1. The van der Waals surface area contributed by atoms with Crippen molar-refractivity contribution < 1.29 is 0 Å². The van der Waals surface area contributed by atoms with Crippen molar-refractivity contribution in [3.05, 3.63) is 24.3 Å². The summed E-state index contributed by atoms with van der Waals surface area (Å²) in [5, 5.41) is 0. The molecule has 0 unspecified atom stereocenters. The van der Waals surface area contributed by atoms with Gasteiger partial charge >= 0.3 is 0 Å². The number of allylic oxidation sites excluding steroid dienone is 4. The third kappa shape index (κ3) is 8.92. The Hall–Kier alpha value is -0.520. The van der Waals surface area contributed by atoms with E-state index in [0.29, 0.717) is 0 Å². The molecule has 2 fully saturated rings. The molecule has 2 rings (SSSR count). The molecular weight excluding hydrogens is 312 g/mol. The molecule has 2 aliphatic rings. The van der Waals surface area contributed by atoms with Crippen molar-refractivity contribution >= 4 is 0 Å². The highest BCUT2D eigenvalue weighted by atomic mass is 14.3. The van der Waals surface area contributed by atoms with Crippen LogP contribution < -0.4 is 0 Å². The molecule has 0 aromatic rings. The molecule has 150 valence electrons. The molecule has 0 heterocycles. The van der Waals surface area contributed by atoms with Crippen molar-refractivity contribution in [1.29, 1.82) is 0 Å². The van der Waals surface area contributed by atoms with Crippen LogP contribution in [0.2, 0.25) is 0 Å². The molecule has 0 aromatic carbocycles. The maximum absolute atomic E-state index is 2.43. The Morgan fingerprint density at radius 2 is 1.12 bits per heavy atom. The summed E-state index contributed by atoms with van der Waals surface area (Å²) in [5.74, 6) is 4.15. The number of hydrogen-bond acceptors (Lipinski definition) is 0. The molecular formula is C26H46. The van der Waals surface area contributed by atoms with Crippen LogP contribution in [0, 0.1) is 23.7 Å². The Kier molecular flexibility index (Phi) is 11.4. The molecule has 0 nitrogen and oxygen atoms in total. The molecule has 0 radical (unpaired) electrons. The lowest BCUT2D eigenvalue weighted by Gasteiger charge is -2.29. The predicted molar refractivity (Wildman–Crippen MR) is 117 cm³/mol. The van der Waals surface area contributed by atoms with Gasteiger partial charge in [-0.25, -0.2) is 0 Å². The summed E-state index contributed by atoms with van der Waals surface area (Å²) >= 11 is 0. The van der Waals surface area contributed by atoms with E-state index in [9.17, 15) is 0 Å². The van der Waals surface area contributed by atoms with Crippen molar-refractivity contribution in [3.8, 4) is 0 Å². The topological polar surface area (TPSA) is 0 Å². The summed E-state index contributed by atoms with van der Waals surface area (Å²) in [4.78, 5) is 0. The zero-order chi connectivity index (χ0) is 18.5. The lowest BCUT2D eigenvalue weighted by Crippen LogP contribution is -2.15. The van der Waals surface area contributed by atoms with E-state index in [2.05, 4.69) is 38.2 Å². The summed E-state index contributed by atoms with van der Waals surface area (Å²) in [6.07, 6.45) is 32.8. The van der Waals surface area contributed by atoms with Gasteiger partial charge in [0.15, 0.2) is 0 Å². The fraction of sp³-hybridized carbons (Fsp3) is 0.846. The van der Waals surface area contributed by atoms with Crippen LogP contribution in [0.15, 0.2) is 24.3 Å². The summed E-state index contributed by atoms with van der Waals surface area (Å²) in [6, 6.07) is 0. The summed E-state index contributed by atoms with van der Waals surface area (Å²) in [7, 11) is 0. The standard InChI is InChI=1S/C26H46/c1-3-5-7-11-23-15-19-25(20-16-23)13-9-10-14-26-21-17-24(18-22-26)12-8-6-4-2/h3,5-6,8,23-26H,4,7,9-22H2,1-2H3/b5-3+,8-6-/t23-,24?,25-,26?. The lowest BCUT2D eigenvalue weighted by molar-refractivity contribution is 0.238. The second-order valence-electron chi connectivity index (χ2n) is 9.32. The van der Waals surface area contributed by atoms with Crippen LogP contribution >= 0.6 is 0 Å². The van der Waals surface area contributed by atoms with Gasteiger partial charge in [-0.3, -0.25) is 0 Å². The predicted octanol–water partition coefficient (Wildman–Crippen LogP) is 8.87. The maximum Gasteiger partial charge on any atom is -0.0322 e. The molecule has 2 saturated carbocycles. The van der Waals surface area contributed by atoms with Gasteiger partial charge in [0.2, 0.25) is 0 Å². The Morgan fingerprint density at radius 3 is 1.62 bits per heavy atom. The van der Waals surface area contributed by atoms with Gasteiger partial charge in [-0.2, -0.15) is 0 Å². The average Bonchev–Trinajstić information content (AvgIpc) is 2.68. The highest BCUT2D eigenvalue weighted by Gasteiger charge is 2.22. The molecule has 0 saturated heterocycles. The van der Waals surface area contributed by atoms with Crippen LogP contribution in [0.3, 0.4) is 0 Å². The first kappa shape index (κ1) is 21.8. The largest absolute Gasteiger partial charge is 0.0917 e. The smallest absolute Gasteiger partial charge is 0.0322 e. The summed E-state index contributed by atoms with van der Waals surface area (Å²) < 4.78 is 0. The molecule has 26 heavy (non-hydrogen) atoms. The van der Waals surface area contributed by atoms with Gasteiger partial charge in [0.1, 0.15) is 0 Å². The van der Waals surface area contributed by atoms with Crippen LogP contribution in [0.4, 0.5) is 0 Å². The first-order valence-electron chi connectivity index (χ1n) is 12.1. The van der Waals surface area contributed by atoms with Gasteiger partial charge in [-0.15, -0.1) is 0 Å². The molecule has 0 bridgehead atoms. The minimum Gasteiger partial charge on any atom is -0.0917 e. The second-order valence-corrected chi connectivity index (χ2v) is 9.32. The Labute approximate surface area is 164 Å². The van der Waals surface area contributed by atoms with Gasteiger partial charge < -0.3 is 0 Å². The fourth-order valence-electron chi connectivity index (χ4n) is 5.38. The van der Waals surface area contributed by atoms with Crippen LogP contribution in [0.1, 0.15) is 117 Å². The molecule has 0 amide bonds. The normalized spacial score (nSPS) is 30.4. The van der Waals surface area contributed by atoms with Crippen molar-refractivity contribution in [2.45, 2.75) is 117 Å². The first-order chi connectivity index (χ1) is 12.8. The van der Waals surface area contributed by atoms with Crippen molar-refractivity contribution in [2.24, 2.45) is 23.7 Å². The van der Waals surface area contributed by atoms with E-state index in [4.69, 9.17) is 0 Å². The van der Waals surface area contributed by atoms with Crippen molar-refractivity contribution in [1.82, 2.24) is 0 Å². The van der Waals surface area contributed by atoms with Crippen LogP contribution in [0.5, 0.6) is 0 Å². The zero-order valence-electron chi connectivity index (χ0n) is 17.9. The Morgan fingerprint density at radius 1 is 0.615 bits per heavy atom. The third-order valence-corrected chi connectivity index (χ3v) is 7.26. The van der Waals surface area contributed by atoms with Gasteiger partial charge in [-0.05, 0) is 69.1 Å². The van der Waals surface area contributed by atoms with E-state index in [0.717, 1.165) is 23.7 Å². The van der Waals surface area contributed by atoms with E-state index >= 15 is 0 Å². The summed E-state index contributed by atoms with van der Waals surface area (Å²) in [5.41, 5.74) is 0. The molecule has 0 spiro atoms. The average molecular weight is 359 g/mol. The van der Waals surface area contributed by atoms with Gasteiger partial charge in [0, 0.05) is 0 Å². The fourth-order valence-corrected chi connectivity index (χ4v) is 5.38. The SMILES string of the molecule is C/C=C/CC[C@H]1CC[C@H](CCCCC2CCC(C/C=C\CC)CC2)CC1. The molecule has 0 aromatic heterocycles. The minimum absolute atomic E-state index is 0.997. The quantitative estimate of drug-likeness (QED) is 0.255. The number of hydrogen-bond donors (Lipinski definition) is 0. The van der Waals surface area contributed by atoms with Crippen molar-refractivity contribution in [2.75, 3.05) is 0 Å². The maximum atomic E-state index is 2.43. The molecule has 0 aliphatic heterocycles. The van der Waals surface area contributed by atoms with E-state index in [-0.39, 0.29) is 0 Å². The van der Waals surface area contributed by atoms with E-state index in [1.54, 1.807) is 0 Å². The molecule has 2 aliphatic carbocycles. The highest BCUT2D eigenvalue weighted by molar-refractivity contribution is 4.85. The van der Waals surface area contributed by atoms with E-state index < -0.39 is 0 Å². The second kappa shape index (κ2) is 13.6. The number of rotatable bonds is 11. The van der Waals surface area contributed by atoms with Gasteiger partial charge in [-0.1, -0.05) is 95.4 Å². The number of unbranched alkanes of at least 4 members (excludes halogenated alkanes) is 1. The zero-order valence-corrected chi connectivity index (χ0v) is 17.9. The Bertz CT molecular complexity index is 375. The van der Waals surface area contributed by atoms with E-state index in [1.165, 1.54) is 103 Å². The third-order valence-electron chi connectivity index (χ3n) is 7.26. The van der Waals surface area contributed by atoms with Crippen LogP contribution in [-0.2, 0) is 0 Å². The van der Waals surface area contributed by atoms with Gasteiger partial charge in [0.25, 0.3) is 0 Å². The van der Waals surface area contributed by atoms with Gasteiger partial charge in [0.05, 0.1) is 0 Å². The Balaban J connectivity index is 1.46. The molecule has 0 N–H and O–H groups in total. The van der Waals surface area contributed by atoms with Crippen LogP contribution in [-0.4, -0.2) is 0 Å². The van der Waals surface area contributed by atoms with Crippen LogP contribution in [0.25, 0.3) is 0 Å². The van der Waals surface area contributed by atoms with Crippen molar-refractivity contribution in [3.63, 3.8) is 0 Å².